The van der Waals surface area contributed by atoms with Crippen LogP contribution in [0, 0.1) is 6.92 Å². The summed E-state index contributed by atoms with van der Waals surface area (Å²) in [6.45, 7) is 1.99. The third-order valence-corrected chi connectivity index (χ3v) is 4.57. The lowest BCUT2D eigenvalue weighted by atomic mass is 10.00. The standard InChI is InChI=1S/C16H13ClOS/c1-10-6-7-12(14(17)8-10)16(18)13-9-19-15-5-3-2-4-11(13)15/h2-9,16,18H,1H3. The maximum Gasteiger partial charge on any atom is 0.107 e. The van der Waals surface area contributed by atoms with Crippen LogP contribution in [0.4, 0.5) is 0 Å². The summed E-state index contributed by atoms with van der Waals surface area (Å²) in [7, 11) is 0. The zero-order valence-corrected chi connectivity index (χ0v) is 12.0. The molecule has 19 heavy (non-hydrogen) atoms. The summed E-state index contributed by atoms with van der Waals surface area (Å²) in [6, 6.07) is 13.8. The number of rotatable bonds is 2. The van der Waals surface area contributed by atoms with Crippen molar-refractivity contribution in [3.63, 3.8) is 0 Å². The third kappa shape index (κ3) is 2.27. The second kappa shape index (κ2) is 4.97. The van der Waals surface area contributed by atoms with E-state index in [2.05, 4.69) is 6.07 Å². The maximum absolute atomic E-state index is 10.6. The van der Waals surface area contributed by atoms with Crippen molar-refractivity contribution in [2.24, 2.45) is 0 Å². The molecule has 0 spiro atoms. The van der Waals surface area contributed by atoms with Gasteiger partial charge in [-0.05, 0) is 35.4 Å². The molecule has 0 aliphatic rings. The fourth-order valence-electron chi connectivity index (χ4n) is 2.23. The van der Waals surface area contributed by atoms with Crippen molar-refractivity contribution in [2.75, 3.05) is 0 Å². The molecule has 0 saturated heterocycles. The van der Waals surface area contributed by atoms with Crippen molar-refractivity contribution in [2.45, 2.75) is 13.0 Å². The van der Waals surface area contributed by atoms with Crippen LogP contribution < -0.4 is 0 Å². The number of hydrogen-bond acceptors (Lipinski definition) is 2. The van der Waals surface area contributed by atoms with Crippen molar-refractivity contribution in [3.05, 3.63) is 69.6 Å². The molecular weight excluding hydrogens is 276 g/mol. The molecule has 0 amide bonds. The Labute approximate surface area is 121 Å². The Morgan fingerprint density at radius 2 is 1.89 bits per heavy atom. The number of aliphatic hydroxyl groups is 1. The summed E-state index contributed by atoms with van der Waals surface area (Å²) in [5.41, 5.74) is 2.78. The van der Waals surface area contributed by atoms with Crippen LogP contribution in [-0.2, 0) is 0 Å². The monoisotopic (exact) mass is 288 g/mol. The number of aliphatic hydroxyl groups excluding tert-OH is 1. The first kappa shape index (κ1) is 12.7. The SMILES string of the molecule is Cc1ccc(C(O)c2csc3ccccc23)c(Cl)c1. The molecule has 1 heterocycles. The van der Waals surface area contributed by atoms with Gasteiger partial charge in [-0.25, -0.2) is 0 Å². The van der Waals surface area contributed by atoms with E-state index >= 15 is 0 Å². The van der Waals surface area contributed by atoms with Crippen LogP contribution in [0.3, 0.4) is 0 Å². The molecule has 0 radical (unpaired) electrons. The van der Waals surface area contributed by atoms with Crippen LogP contribution in [0.25, 0.3) is 10.1 Å². The highest BCUT2D eigenvalue weighted by Gasteiger charge is 2.17. The number of hydrogen-bond donors (Lipinski definition) is 1. The Balaban J connectivity index is 2.10. The first-order chi connectivity index (χ1) is 9.16. The molecule has 96 valence electrons. The van der Waals surface area contributed by atoms with Crippen molar-refractivity contribution in [1.29, 1.82) is 0 Å². The van der Waals surface area contributed by atoms with E-state index in [0.29, 0.717) is 5.02 Å². The lowest BCUT2D eigenvalue weighted by Crippen LogP contribution is -1.99. The molecule has 3 rings (SSSR count). The van der Waals surface area contributed by atoms with Gasteiger partial charge in [-0.3, -0.25) is 0 Å². The van der Waals surface area contributed by atoms with Crippen LogP contribution in [0.2, 0.25) is 5.02 Å². The van der Waals surface area contributed by atoms with E-state index < -0.39 is 6.10 Å². The minimum atomic E-state index is -0.677. The van der Waals surface area contributed by atoms with Crippen molar-refractivity contribution < 1.29 is 5.11 Å². The highest BCUT2D eigenvalue weighted by molar-refractivity contribution is 7.17. The van der Waals surface area contributed by atoms with Gasteiger partial charge in [0.2, 0.25) is 0 Å². The van der Waals surface area contributed by atoms with Gasteiger partial charge in [-0.2, -0.15) is 0 Å². The normalized spacial score (nSPS) is 12.8. The molecule has 0 fully saturated rings. The van der Waals surface area contributed by atoms with Gasteiger partial charge < -0.3 is 5.11 Å². The van der Waals surface area contributed by atoms with E-state index in [1.807, 2.05) is 48.7 Å². The molecular formula is C16H13ClOS. The van der Waals surface area contributed by atoms with Crippen LogP contribution in [0.5, 0.6) is 0 Å². The first-order valence-electron chi connectivity index (χ1n) is 6.07. The number of aryl methyl sites for hydroxylation is 1. The van der Waals surface area contributed by atoms with Gasteiger partial charge in [-0.1, -0.05) is 41.9 Å². The predicted octanol–water partition coefficient (Wildman–Crippen LogP) is 4.94. The molecule has 1 aromatic heterocycles. The summed E-state index contributed by atoms with van der Waals surface area (Å²) in [5, 5.41) is 14.3. The summed E-state index contributed by atoms with van der Waals surface area (Å²) < 4.78 is 1.18. The zero-order valence-electron chi connectivity index (χ0n) is 10.4. The Kier molecular flexibility index (Phi) is 3.31. The lowest BCUT2D eigenvalue weighted by molar-refractivity contribution is 0.222. The molecule has 2 aromatic carbocycles. The molecule has 0 saturated carbocycles. The van der Waals surface area contributed by atoms with E-state index in [1.165, 1.54) is 4.70 Å². The minimum Gasteiger partial charge on any atom is -0.384 e. The summed E-state index contributed by atoms with van der Waals surface area (Å²) in [4.78, 5) is 0. The van der Waals surface area contributed by atoms with Crippen molar-refractivity contribution >= 4 is 33.0 Å². The fourth-order valence-corrected chi connectivity index (χ4v) is 3.55. The lowest BCUT2D eigenvalue weighted by Gasteiger charge is -2.13. The van der Waals surface area contributed by atoms with Gasteiger partial charge in [0.15, 0.2) is 0 Å². The van der Waals surface area contributed by atoms with Crippen molar-refractivity contribution in [3.8, 4) is 0 Å². The van der Waals surface area contributed by atoms with Gasteiger partial charge in [0.25, 0.3) is 0 Å². The molecule has 1 N–H and O–H groups in total. The number of benzene rings is 2. The Hall–Kier alpha value is -1.35. The van der Waals surface area contributed by atoms with Gasteiger partial charge in [-0.15, -0.1) is 11.3 Å². The van der Waals surface area contributed by atoms with Crippen molar-refractivity contribution in [1.82, 2.24) is 0 Å². The van der Waals surface area contributed by atoms with E-state index in [9.17, 15) is 5.11 Å². The van der Waals surface area contributed by atoms with Gasteiger partial charge in [0.05, 0.1) is 0 Å². The topological polar surface area (TPSA) is 20.2 Å². The largest absolute Gasteiger partial charge is 0.384 e. The smallest absolute Gasteiger partial charge is 0.107 e. The molecule has 0 aliphatic heterocycles. The van der Waals surface area contributed by atoms with E-state index in [4.69, 9.17) is 11.6 Å². The van der Waals surface area contributed by atoms with Crippen LogP contribution in [-0.4, -0.2) is 5.11 Å². The quantitative estimate of drug-likeness (QED) is 0.708. The fraction of sp³-hybridized carbons (Fsp3) is 0.125. The van der Waals surface area contributed by atoms with Crippen LogP contribution in [0.1, 0.15) is 22.8 Å². The Morgan fingerprint density at radius 1 is 1.11 bits per heavy atom. The summed E-state index contributed by atoms with van der Waals surface area (Å²) in [6.07, 6.45) is -0.677. The molecule has 0 aliphatic carbocycles. The van der Waals surface area contributed by atoms with E-state index in [-0.39, 0.29) is 0 Å². The highest BCUT2D eigenvalue weighted by atomic mass is 35.5. The second-order valence-electron chi connectivity index (χ2n) is 4.61. The van der Waals surface area contributed by atoms with E-state index in [1.54, 1.807) is 11.3 Å². The Morgan fingerprint density at radius 3 is 2.68 bits per heavy atom. The molecule has 1 unspecified atom stereocenters. The first-order valence-corrected chi connectivity index (χ1v) is 7.33. The van der Waals surface area contributed by atoms with E-state index in [0.717, 1.165) is 22.1 Å². The minimum absolute atomic E-state index is 0.614. The summed E-state index contributed by atoms with van der Waals surface area (Å²) in [5.74, 6) is 0. The molecule has 3 heteroatoms. The second-order valence-corrected chi connectivity index (χ2v) is 5.93. The van der Waals surface area contributed by atoms with Gasteiger partial charge in [0, 0.05) is 20.8 Å². The van der Waals surface area contributed by atoms with Crippen LogP contribution >= 0.6 is 22.9 Å². The maximum atomic E-state index is 10.6. The van der Waals surface area contributed by atoms with Crippen LogP contribution in [0.15, 0.2) is 47.8 Å². The highest BCUT2D eigenvalue weighted by Crippen LogP contribution is 2.35. The number of thiophene rings is 1. The molecule has 1 atom stereocenters. The average molecular weight is 289 g/mol. The molecule has 0 bridgehead atoms. The number of halogens is 1. The third-order valence-electron chi connectivity index (χ3n) is 3.26. The molecule has 1 nitrogen and oxygen atoms in total. The van der Waals surface area contributed by atoms with Gasteiger partial charge >= 0.3 is 0 Å². The van der Waals surface area contributed by atoms with Gasteiger partial charge in [0.1, 0.15) is 6.10 Å². The zero-order chi connectivity index (χ0) is 13.4. The Bertz CT molecular complexity index is 732. The molecule has 3 aromatic rings. The average Bonchev–Trinajstić information content (AvgIpc) is 2.82. The number of fused-ring (bicyclic) bond motifs is 1. The predicted molar refractivity (Wildman–Crippen MR) is 82.1 cm³/mol. The summed E-state index contributed by atoms with van der Waals surface area (Å²) >= 11 is 7.88.